The minimum atomic E-state index is 0.239. The second-order valence-corrected chi connectivity index (χ2v) is 5.72. The third-order valence-corrected chi connectivity index (χ3v) is 3.71. The van der Waals surface area contributed by atoms with Gasteiger partial charge < -0.3 is 10.2 Å². The van der Waals surface area contributed by atoms with Crippen LogP contribution in [0.1, 0.15) is 57.0 Å². The van der Waals surface area contributed by atoms with Gasteiger partial charge in [-0.1, -0.05) is 19.8 Å². The molecule has 0 unspecified atom stereocenters. The highest BCUT2D eigenvalue weighted by molar-refractivity contribution is 5.76. The number of carbonyl (C=O) groups excluding carboxylic acids is 1. The second-order valence-electron chi connectivity index (χ2n) is 5.72. The van der Waals surface area contributed by atoms with Crippen molar-refractivity contribution in [1.29, 1.82) is 0 Å². The van der Waals surface area contributed by atoms with Crippen LogP contribution in [0.25, 0.3) is 0 Å². The van der Waals surface area contributed by atoms with Crippen LogP contribution >= 0.6 is 0 Å². The Balaban J connectivity index is 2.05. The summed E-state index contributed by atoms with van der Waals surface area (Å²) in [4.78, 5) is 23.1. The van der Waals surface area contributed by atoms with E-state index in [1.165, 1.54) is 12.8 Å². The lowest BCUT2D eigenvalue weighted by Crippen LogP contribution is -2.33. The summed E-state index contributed by atoms with van der Waals surface area (Å²) in [6, 6.07) is 1.95. The summed E-state index contributed by atoms with van der Waals surface area (Å²) in [7, 11) is 0. The topological polar surface area (TPSA) is 58.1 Å². The molecule has 0 spiro atoms. The molecule has 1 saturated heterocycles. The summed E-state index contributed by atoms with van der Waals surface area (Å²) >= 11 is 0. The standard InChI is InChI=1S/C16H26N4O/c1-3-9-17-14-11-13(2)18-15(19-14)12-20-10-7-5-4-6-8-16(20)21/h11H,3-10,12H2,1-2H3,(H,17,18,19). The Morgan fingerprint density at radius 2 is 2.05 bits per heavy atom. The summed E-state index contributed by atoms with van der Waals surface area (Å²) in [5.74, 6) is 1.84. The summed E-state index contributed by atoms with van der Waals surface area (Å²) in [5.41, 5.74) is 0.943. The van der Waals surface area contributed by atoms with Crippen LogP contribution in [0.2, 0.25) is 0 Å². The van der Waals surface area contributed by atoms with Crippen molar-refractivity contribution in [3.63, 3.8) is 0 Å². The van der Waals surface area contributed by atoms with Gasteiger partial charge in [0.2, 0.25) is 5.91 Å². The summed E-state index contributed by atoms with van der Waals surface area (Å²) in [5, 5.41) is 3.29. The molecule has 2 rings (SSSR count). The Morgan fingerprint density at radius 1 is 1.24 bits per heavy atom. The Bertz CT molecular complexity index is 475. The molecule has 0 bridgehead atoms. The highest BCUT2D eigenvalue weighted by atomic mass is 16.2. The van der Waals surface area contributed by atoms with E-state index in [2.05, 4.69) is 22.2 Å². The maximum Gasteiger partial charge on any atom is 0.222 e. The van der Waals surface area contributed by atoms with Crippen molar-refractivity contribution in [3.05, 3.63) is 17.6 Å². The molecule has 21 heavy (non-hydrogen) atoms. The van der Waals surface area contributed by atoms with Gasteiger partial charge in [-0.15, -0.1) is 0 Å². The molecule has 2 heterocycles. The second kappa shape index (κ2) is 7.96. The predicted octanol–water partition coefficient (Wildman–Crippen LogP) is 2.90. The smallest absolute Gasteiger partial charge is 0.222 e. The molecule has 1 aliphatic heterocycles. The molecule has 1 fully saturated rings. The van der Waals surface area contributed by atoms with Crippen molar-refractivity contribution in [2.75, 3.05) is 18.4 Å². The zero-order chi connectivity index (χ0) is 15.1. The Kier molecular flexibility index (Phi) is 5.96. The maximum absolute atomic E-state index is 12.2. The molecule has 1 amide bonds. The normalized spacial score (nSPS) is 16.5. The van der Waals surface area contributed by atoms with E-state index in [9.17, 15) is 4.79 Å². The highest BCUT2D eigenvalue weighted by Gasteiger charge is 2.17. The highest BCUT2D eigenvalue weighted by Crippen LogP contribution is 2.14. The molecule has 5 nitrogen and oxygen atoms in total. The van der Waals surface area contributed by atoms with E-state index >= 15 is 0 Å². The quantitative estimate of drug-likeness (QED) is 0.906. The molecule has 5 heteroatoms. The molecule has 0 aromatic carbocycles. The third kappa shape index (κ3) is 4.99. The number of aryl methyl sites for hydroxylation is 1. The molecule has 1 aromatic rings. The molecule has 116 valence electrons. The van der Waals surface area contributed by atoms with Gasteiger partial charge in [-0.05, 0) is 26.2 Å². The van der Waals surface area contributed by atoms with Crippen LogP contribution in [0, 0.1) is 6.92 Å². The van der Waals surface area contributed by atoms with Gasteiger partial charge in [0.1, 0.15) is 11.6 Å². The van der Waals surface area contributed by atoms with E-state index in [1.54, 1.807) is 0 Å². The first-order chi connectivity index (χ1) is 10.2. The van der Waals surface area contributed by atoms with Crippen LogP contribution in [0.5, 0.6) is 0 Å². The van der Waals surface area contributed by atoms with E-state index in [-0.39, 0.29) is 5.91 Å². The average Bonchev–Trinajstić information content (AvgIpc) is 2.44. The fraction of sp³-hybridized carbons (Fsp3) is 0.688. The average molecular weight is 290 g/mol. The van der Waals surface area contributed by atoms with Gasteiger partial charge in [0.15, 0.2) is 0 Å². The van der Waals surface area contributed by atoms with Crippen molar-refractivity contribution in [1.82, 2.24) is 14.9 Å². The van der Waals surface area contributed by atoms with E-state index < -0.39 is 0 Å². The maximum atomic E-state index is 12.2. The third-order valence-electron chi connectivity index (χ3n) is 3.71. The first-order valence-electron chi connectivity index (χ1n) is 8.05. The van der Waals surface area contributed by atoms with Crippen molar-refractivity contribution < 1.29 is 4.79 Å². The van der Waals surface area contributed by atoms with Crippen LogP contribution in [-0.2, 0) is 11.3 Å². The molecular weight excluding hydrogens is 264 g/mol. The molecule has 0 saturated carbocycles. The van der Waals surface area contributed by atoms with Crippen LogP contribution in [-0.4, -0.2) is 33.9 Å². The zero-order valence-corrected chi connectivity index (χ0v) is 13.2. The number of rotatable bonds is 5. The van der Waals surface area contributed by atoms with Gasteiger partial charge in [0.05, 0.1) is 6.54 Å². The summed E-state index contributed by atoms with van der Waals surface area (Å²) in [6.45, 7) is 6.35. The van der Waals surface area contributed by atoms with E-state index in [0.717, 1.165) is 49.7 Å². The number of nitrogens with one attached hydrogen (secondary N) is 1. The van der Waals surface area contributed by atoms with Gasteiger partial charge in [-0.3, -0.25) is 4.79 Å². The van der Waals surface area contributed by atoms with Crippen LogP contribution in [0.4, 0.5) is 5.82 Å². The SMILES string of the molecule is CCCNc1cc(C)nc(CN2CCCCCCC2=O)n1. The molecule has 1 aromatic heterocycles. The van der Waals surface area contributed by atoms with Gasteiger partial charge in [-0.2, -0.15) is 0 Å². The lowest BCUT2D eigenvalue weighted by molar-refractivity contribution is -0.132. The Labute approximate surface area is 127 Å². The van der Waals surface area contributed by atoms with Crippen molar-refractivity contribution in [2.24, 2.45) is 0 Å². The van der Waals surface area contributed by atoms with Gasteiger partial charge >= 0.3 is 0 Å². The number of hydrogen-bond donors (Lipinski definition) is 1. The number of aromatic nitrogens is 2. The van der Waals surface area contributed by atoms with Crippen molar-refractivity contribution in [2.45, 2.75) is 58.9 Å². The first kappa shape index (κ1) is 15.7. The van der Waals surface area contributed by atoms with Crippen LogP contribution in [0.15, 0.2) is 6.07 Å². The number of carbonyl (C=O) groups is 1. The molecular formula is C16H26N4O. The van der Waals surface area contributed by atoms with Crippen LogP contribution in [0.3, 0.4) is 0 Å². The molecule has 1 N–H and O–H groups in total. The van der Waals surface area contributed by atoms with Gasteiger partial charge in [0.25, 0.3) is 0 Å². The summed E-state index contributed by atoms with van der Waals surface area (Å²) in [6.07, 6.45) is 6.19. The van der Waals surface area contributed by atoms with Gasteiger partial charge in [-0.25, -0.2) is 9.97 Å². The largest absolute Gasteiger partial charge is 0.370 e. The fourth-order valence-electron chi connectivity index (χ4n) is 2.60. The Hall–Kier alpha value is -1.65. The van der Waals surface area contributed by atoms with Crippen molar-refractivity contribution in [3.8, 4) is 0 Å². The lowest BCUT2D eigenvalue weighted by atomic mass is 10.1. The lowest BCUT2D eigenvalue weighted by Gasteiger charge is -2.24. The number of likely N-dealkylation sites (tertiary alicyclic amines) is 1. The van der Waals surface area contributed by atoms with Crippen molar-refractivity contribution >= 4 is 11.7 Å². The monoisotopic (exact) mass is 290 g/mol. The fourth-order valence-corrected chi connectivity index (χ4v) is 2.60. The van der Waals surface area contributed by atoms with E-state index in [0.29, 0.717) is 13.0 Å². The van der Waals surface area contributed by atoms with E-state index in [4.69, 9.17) is 0 Å². The van der Waals surface area contributed by atoms with Crippen LogP contribution < -0.4 is 5.32 Å². The number of anilines is 1. The Morgan fingerprint density at radius 3 is 2.86 bits per heavy atom. The molecule has 0 radical (unpaired) electrons. The minimum absolute atomic E-state index is 0.239. The first-order valence-corrected chi connectivity index (χ1v) is 8.05. The number of hydrogen-bond acceptors (Lipinski definition) is 4. The minimum Gasteiger partial charge on any atom is -0.370 e. The van der Waals surface area contributed by atoms with Gasteiger partial charge in [0, 0.05) is 31.3 Å². The number of amides is 1. The molecule has 0 atom stereocenters. The number of nitrogens with zero attached hydrogens (tertiary/aromatic N) is 3. The zero-order valence-electron chi connectivity index (χ0n) is 13.2. The molecule has 1 aliphatic rings. The summed E-state index contributed by atoms with van der Waals surface area (Å²) < 4.78 is 0. The van der Waals surface area contributed by atoms with E-state index in [1.807, 2.05) is 17.9 Å². The molecule has 0 aliphatic carbocycles. The predicted molar refractivity (Wildman–Crippen MR) is 84.1 cm³/mol.